The number of hydrogen-bond donors (Lipinski definition) is 2. The fourth-order valence-corrected chi connectivity index (χ4v) is 3.13. The topological polar surface area (TPSA) is 66.4 Å². The number of rotatable bonds is 6. The molecule has 2 unspecified atom stereocenters. The van der Waals surface area contributed by atoms with E-state index in [0.717, 1.165) is 25.7 Å². The predicted octanol–water partition coefficient (Wildman–Crippen LogP) is 2.71. The van der Waals surface area contributed by atoms with Crippen molar-refractivity contribution >= 4 is 11.7 Å². The van der Waals surface area contributed by atoms with Gasteiger partial charge < -0.3 is 10.4 Å². The third kappa shape index (κ3) is 3.55. The molecule has 1 aliphatic carbocycles. The Morgan fingerprint density at radius 1 is 1.27 bits per heavy atom. The lowest BCUT2D eigenvalue weighted by atomic mass is 9.71. The Morgan fingerprint density at radius 2 is 2.00 bits per heavy atom. The van der Waals surface area contributed by atoms with Crippen molar-refractivity contribution < 1.29 is 14.7 Å². The maximum Gasteiger partial charge on any atom is 0.226 e. The average Bonchev–Trinajstić information content (AvgIpc) is 2.55. The molecule has 0 radical (unpaired) electrons. The van der Waals surface area contributed by atoms with E-state index in [4.69, 9.17) is 0 Å². The van der Waals surface area contributed by atoms with Gasteiger partial charge in [0.05, 0.1) is 5.92 Å². The van der Waals surface area contributed by atoms with Crippen LogP contribution >= 0.6 is 0 Å². The van der Waals surface area contributed by atoms with Crippen molar-refractivity contribution in [3.8, 4) is 0 Å². The van der Waals surface area contributed by atoms with Crippen LogP contribution in [0.5, 0.6) is 0 Å². The van der Waals surface area contributed by atoms with Gasteiger partial charge in [0.25, 0.3) is 0 Å². The normalized spacial score (nSPS) is 24.7. The molecule has 1 amide bonds. The fourth-order valence-electron chi connectivity index (χ4n) is 3.13. The highest BCUT2D eigenvalue weighted by atomic mass is 16.3. The third-order valence-electron chi connectivity index (χ3n) is 4.45. The van der Waals surface area contributed by atoms with Crippen molar-refractivity contribution in [1.82, 2.24) is 5.32 Å². The summed E-state index contributed by atoms with van der Waals surface area (Å²) in [5.41, 5.74) is -1.10. The summed E-state index contributed by atoms with van der Waals surface area (Å²) >= 11 is 0. The Kier molecular flexibility index (Phi) is 5.72. The van der Waals surface area contributed by atoms with Crippen LogP contribution in [0.15, 0.2) is 30.3 Å². The molecule has 22 heavy (non-hydrogen) atoms. The van der Waals surface area contributed by atoms with Crippen molar-refractivity contribution in [3.63, 3.8) is 0 Å². The summed E-state index contributed by atoms with van der Waals surface area (Å²) < 4.78 is 0. The van der Waals surface area contributed by atoms with Crippen LogP contribution < -0.4 is 5.32 Å². The summed E-state index contributed by atoms with van der Waals surface area (Å²) in [6.45, 7) is 2.66. The number of benzene rings is 1. The lowest BCUT2D eigenvalue weighted by molar-refractivity contribution is -0.134. The van der Waals surface area contributed by atoms with Crippen LogP contribution in [0, 0.1) is 5.92 Å². The molecule has 1 aromatic rings. The van der Waals surface area contributed by atoms with Crippen LogP contribution in [0.1, 0.15) is 55.8 Å². The molecule has 1 aromatic carbocycles. The number of ketones is 1. The molecule has 0 aliphatic heterocycles. The van der Waals surface area contributed by atoms with Crippen LogP contribution in [-0.2, 0) is 4.79 Å². The monoisotopic (exact) mass is 303 g/mol. The Bertz CT molecular complexity index is 514. The van der Waals surface area contributed by atoms with Gasteiger partial charge in [-0.15, -0.1) is 0 Å². The van der Waals surface area contributed by atoms with Gasteiger partial charge in [-0.25, -0.2) is 0 Å². The van der Waals surface area contributed by atoms with Gasteiger partial charge in [-0.05, 0) is 19.3 Å². The zero-order valence-electron chi connectivity index (χ0n) is 13.2. The van der Waals surface area contributed by atoms with Crippen molar-refractivity contribution in [2.45, 2.75) is 51.0 Å². The molecule has 1 aliphatic rings. The Balaban J connectivity index is 2.17. The van der Waals surface area contributed by atoms with Crippen molar-refractivity contribution in [1.29, 1.82) is 0 Å². The molecule has 2 N–H and O–H groups in total. The second-order valence-electron chi connectivity index (χ2n) is 6.06. The van der Waals surface area contributed by atoms with Crippen molar-refractivity contribution in [2.75, 3.05) is 6.54 Å². The minimum absolute atomic E-state index is 0.195. The maximum absolute atomic E-state index is 12.7. The predicted molar refractivity (Wildman–Crippen MR) is 85.6 cm³/mol. The molecule has 0 aromatic heterocycles. The molecule has 0 heterocycles. The van der Waals surface area contributed by atoms with E-state index in [-0.39, 0.29) is 11.7 Å². The average molecular weight is 303 g/mol. The summed E-state index contributed by atoms with van der Waals surface area (Å²) in [5, 5.41) is 13.8. The van der Waals surface area contributed by atoms with Crippen LogP contribution in [-0.4, -0.2) is 28.9 Å². The molecule has 4 nitrogen and oxygen atoms in total. The van der Waals surface area contributed by atoms with E-state index in [9.17, 15) is 14.7 Å². The molecule has 4 heteroatoms. The van der Waals surface area contributed by atoms with Gasteiger partial charge in [-0.3, -0.25) is 9.59 Å². The first kappa shape index (κ1) is 16.7. The van der Waals surface area contributed by atoms with Crippen LogP contribution in [0.25, 0.3) is 0 Å². The summed E-state index contributed by atoms with van der Waals surface area (Å²) in [4.78, 5) is 25.1. The van der Waals surface area contributed by atoms with Crippen LogP contribution in [0.4, 0.5) is 0 Å². The van der Waals surface area contributed by atoms with Crippen LogP contribution in [0.2, 0.25) is 0 Å². The molecule has 1 saturated carbocycles. The van der Waals surface area contributed by atoms with Gasteiger partial charge in [0.15, 0.2) is 5.78 Å². The molecular weight excluding hydrogens is 278 g/mol. The first-order valence-corrected chi connectivity index (χ1v) is 8.19. The van der Waals surface area contributed by atoms with E-state index in [1.807, 2.05) is 6.07 Å². The SMILES string of the molecule is CCCCNC(=O)C1CCCCC1(O)C(=O)c1ccccc1. The van der Waals surface area contributed by atoms with Crippen molar-refractivity contribution in [2.24, 2.45) is 5.92 Å². The zero-order valence-corrected chi connectivity index (χ0v) is 13.2. The molecule has 0 saturated heterocycles. The lowest BCUT2D eigenvalue weighted by Crippen LogP contribution is -2.54. The van der Waals surface area contributed by atoms with Gasteiger partial charge in [-0.2, -0.15) is 0 Å². The second kappa shape index (κ2) is 7.54. The molecule has 0 bridgehead atoms. The van der Waals surface area contributed by atoms with Crippen LogP contribution in [0.3, 0.4) is 0 Å². The maximum atomic E-state index is 12.7. The number of unbranched alkanes of at least 4 members (excludes halogenated alkanes) is 1. The third-order valence-corrected chi connectivity index (χ3v) is 4.45. The largest absolute Gasteiger partial charge is 0.381 e. The Hall–Kier alpha value is -1.68. The van der Waals surface area contributed by atoms with E-state index in [2.05, 4.69) is 12.2 Å². The zero-order chi connectivity index (χ0) is 16.0. The highest BCUT2D eigenvalue weighted by Gasteiger charge is 2.48. The highest BCUT2D eigenvalue weighted by Crippen LogP contribution is 2.36. The standard InChI is InChI=1S/C18H25NO3/c1-2-3-13-19-17(21)15-11-7-8-12-18(15,22)16(20)14-9-5-4-6-10-14/h4-6,9-10,15,22H,2-3,7-8,11-13H2,1H3,(H,19,21). The van der Waals surface area contributed by atoms with E-state index >= 15 is 0 Å². The van der Waals surface area contributed by atoms with Gasteiger partial charge in [-0.1, -0.05) is 56.5 Å². The summed E-state index contributed by atoms with van der Waals surface area (Å²) in [6.07, 6.45) is 4.46. The van der Waals surface area contributed by atoms with Gasteiger partial charge >= 0.3 is 0 Å². The summed E-state index contributed by atoms with van der Waals surface area (Å²) in [6, 6.07) is 8.77. The van der Waals surface area contributed by atoms with E-state index in [0.29, 0.717) is 24.9 Å². The number of amides is 1. The summed E-state index contributed by atoms with van der Waals surface area (Å²) in [7, 11) is 0. The summed E-state index contributed by atoms with van der Waals surface area (Å²) in [5.74, 6) is -1.17. The first-order valence-electron chi connectivity index (χ1n) is 8.19. The minimum Gasteiger partial charge on any atom is -0.381 e. The van der Waals surface area contributed by atoms with E-state index in [1.54, 1.807) is 24.3 Å². The fraction of sp³-hybridized carbons (Fsp3) is 0.556. The molecule has 120 valence electrons. The molecular formula is C18H25NO3. The van der Waals surface area contributed by atoms with E-state index in [1.165, 1.54) is 0 Å². The minimum atomic E-state index is -1.57. The van der Waals surface area contributed by atoms with Crippen molar-refractivity contribution in [3.05, 3.63) is 35.9 Å². The van der Waals surface area contributed by atoms with E-state index < -0.39 is 11.5 Å². The highest BCUT2D eigenvalue weighted by molar-refractivity contribution is 6.05. The molecule has 0 spiro atoms. The molecule has 1 fully saturated rings. The number of carbonyl (C=O) groups is 2. The molecule has 2 rings (SSSR count). The van der Waals surface area contributed by atoms with Gasteiger partial charge in [0, 0.05) is 12.1 Å². The quantitative estimate of drug-likeness (QED) is 0.627. The second-order valence-corrected chi connectivity index (χ2v) is 6.06. The number of aliphatic hydroxyl groups is 1. The molecule has 2 atom stereocenters. The number of carbonyl (C=O) groups excluding carboxylic acids is 2. The van der Waals surface area contributed by atoms with Gasteiger partial charge in [0.2, 0.25) is 5.91 Å². The number of Topliss-reactive ketones (excluding diaryl/α,β-unsaturated/α-hetero) is 1. The smallest absolute Gasteiger partial charge is 0.226 e. The number of hydrogen-bond acceptors (Lipinski definition) is 3. The van der Waals surface area contributed by atoms with Gasteiger partial charge in [0.1, 0.15) is 5.60 Å². The first-order chi connectivity index (χ1) is 10.6. The number of nitrogens with one attached hydrogen (secondary N) is 1. The Labute approximate surface area is 131 Å². The lowest BCUT2D eigenvalue weighted by Gasteiger charge is -2.37. The Morgan fingerprint density at radius 3 is 2.68 bits per heavy atom.